The molecule has 0 bridgehead atoms. The zero-order valence-corrected chi connectivity index (χ0v) is 13.2. The molecule has 2 fully saturated rings. The molecule has 2 aliphatic rings. The molecule has 2 atom stereocenters. The first kappa shape index (κ1) is 15.0. The molecule has 1 aliphatic heterocycles. The van der Waals surface area contributed by atoms with Crippen molar-refractivity contribution in [2.45, 2.75) is 25.4 Å². The molecule has 1 saturated heterocycles. The van der Waals surface area contributed by atoms with Gasteiger partial charge in [-0.05, 0) is 30.2 Å². The van der Waals surface area contributed by atoms with Gasteiger partial charge in [-0.3, -0.25) is 0 Å². The summed E-state index contributed by atoms with van der Waals surface area (Å²) in [6.07, 6.45) is 2.40. The monoisotopic (exact) mass is 309 g/mol. The van der Waals surface area contributed by atoms with Gasteiger partial charge < -0.3 is 5.73 Å². The molecule has 0 unspecified atom stereocenters. The summed E-state index contributed by atoms with van der Waals surface area (Å²) in [4.78, 5) is 0. The Morgan fingerprint density at radius 3 is 2.52 bits per heavy atom. The first-order chi connectivity index (χ1) is 9.98. The minimum atomic E-state index is -3.42. The Hall–Kier alpha value is -0.950. The van der Waals surface area contributed by atoms with Crippen molar-refractivity contribution in [1.29, 1.82) is 0 Å². The fourth-order valence-electron chi connectivity index (χ4n) is 3.15. The molecule has 6 heteroatoms. The maximum absolute atomic E-state index is 12.7. The van der Waals surface area contributed by atoms with Gasteiger partial charge in [0.2, 0.25) is 0 Å². The van der Waals surface area contributed by atoms with Crippen molar-refractivity contribution < 1.29 is 8.42 Å². The van der Waals surface area contributed by atoms with Gasteiger partial charge in [0, 0.05) is 32.7 Å². The second kappa shape index (κ2) is 5.68. The zero-order valence-electron chi connectivity index (χ0n) is 12.4. The molecular weight excluding hydrogens is 286 g/mol. The third kappa shape index (κ3) is 3.13. The van der Waals surface area contributed by atoms with Crippen LogP contribution in [0.15, 0.2) is 30.3 Å². The van der Waals surface area contributed by atoms with Crippen molar-refractivity contribution in [2.24, 2.45) is 17.6 Å². The van der Waals surface area contributed by atoms with E-state index < -0.39 is 10.2 Å². The van der Waals surface area contributed by atoms with Crippen LogP contribution in [-0.4, -0.2) is 43.2 Å². The number of hydrogen-bond acceptors (Lipinski definition) is 3. The standard InChI is InChI=1S/C15H23N3O2S/c1-17(9-12-5-3-2-4-6-12)21(19,20)18-10-14(13-7-8-13)15(16)11-18/h2-6,13-15H,7-11,16H2,1H3/t14-,15+/m1/s1. The Labute approximate surface area is 126 Å². The lowest BCUT2D eigenvalue weighted by Crippen LogP contribution is -2.41. The quantitative estimate of drug-likeness (QED) is 0.883. The molecule has 2 N–H and O–H groups in total. The molecule has 1 aliphatic carbocycles. The van der Waals surface area contributed by atoms with Crippen LogP contribution >= 0.6 is 0 Å². The lowest BCUT2D eigenvalue weighted by molar-refractivity contribution is 0.378. The molecular formula is C15H23N3O2S. The molecule has 0 spiro atoms. The molecule has 0 aromatic heterocycles. The highest BCUT2D eigenvalue weighted by atomic mass is 32.2. The summed E-state index contributed by atoms with van der Waals surface area (Å²) in [6.45, 7) is 1.42. The average Bonchev–Trinajstić information content (AvgIpc) is 3.22. The lowest BCUT2D eigenvalue weighted by atomic mass is 9.99. The van der Waals surface area contributed by atoms with Gasteiger partial charge in [0.05, 0.1) is 0 Å². The fraction of sp³-hybridized carbons (Fsp3) is 0.600. The Bertz CT molecular complexity index is 586. The van der Waals surface area contributed by atoms with Gasteiger partial charge in [-0.1, -0.05) is 30.3 Å². The summed E-state index contributed by atoms with van der Waals surface area (Å²) in [5.41, 5.74) is 7.13. The zero-order chi connectivity index (χ0) is 15.0. The molecule has 21 heavy (non-hydrogen) atoms. The summed E-state index contributed by atoms with van der Waals surface area (Å²) < 4.78 is 28.3. The van der Waals surface area contributed by atoms with Crippen LogP contribution in [0.5, 0.6) is 0 Å². The number of nitrogens with two attached hydrogens (primary N) is 1. The highest BCUT2D eigenvalue weighted by molar-refractivity contribution is 7.86. The Balaban J connectivity index is 1.68. The van der Waals surface area contributed by atoms with Crippen LogP contribution in [0.25, 0.3) is 0 Å². The van der Waals surface area contributed by atoms with Gasteiger partial charge in [-0.15, -0.1) is 0 Å². The smallest absolute Gasteiger partial charge is 0.282 e. The number of benzene rings is 1. The van der Waals surface area contributed by atoms with Crippen LogP contribution in [0.4, 0.5) is 0 Å². The van der Waals surface area contributed by atoms with E-state index in [1.165, 1.54) is 17.1 Å². The summed E-state index contributed by atoms with van der Waals surface area (Å²) in [7, 11) is -1.78. The van der Waals surface area contributed by atoms with E-state index >= 15 is 0 Å². The first-order valence-corrected chi connectivity index (χ1v) is 8.89. The van der Waals surface area contributed by atoms with Crippen LogP contribution in [0.3, 0.4) is 0 Å². The Kier molecular flexibility index (Phi) is 4.05. The second-order valence-electron chi connectivity index (χ2n) is 6.23. The van der Waals surface area contributed by atoms with E-state index in [9.17, 15) is 8.42 Å². The fourth-order valence-corrected chi connectivity index (χ4v) is 4.57. The van der Waals surface area contributed by atoms with Crippen molar-refractivity contribution >= 4 is 10.2 Å². The number of rotatable bonds is 5. The van der Waals surface area contributed by atoms with Gasteiger partial charge in [-0.2, -0.15) is 17.0 Å². The summed E-state index contributed by atoms with van der Waals surface area (Å²) in [6, 6.07) is 9.63. The third-order valence-corrected chi connectivity index (χ3v) is 6.44. The predicted octanol–water partition coefficient (Wildman–Crippen LogP) is 1.03. The van der Waals surface area contributed by atoms with E-state index in [0.717, 1.165) is 5.56 Å². The average molecular weight is 309 g/mol. The van der Waals surface area contributed by atoms with Crippen LogP contribution in [0, 0.1) is 11.8 Å². The highest BCUT2D eigenvalue weighted by Gasteiger charge is 2.45. The molecule has 1 aromatic carbocycles. The molecule has 3 rings (SSSR count). The van der Waals surface area contributed by atoms with E-state index in [2.05, 4.69) is 0 Å². The summed E-state index contributed by atoms with van der Waals surface area (Å²) in [5.74, 6) is 0.976. The van der Waals surface area contributed by atoms with Crippen molar-refractivity contribution in [3.05, 3.63) is 35.9 Å². The molecule has 116 valence electrons. The van der Waals surface area contributed by atoms with E-state index in [0.29, 0.717) is 31.5 Å². The van der Waals surface area contributed by atoms with Gasteiger partial charge in [0.1, 0.15) is 0 Å². The van der Waals surface area contributed by atoms with Crippen LogP contribution < -0.4 is 5.73 Å². The van der Waals surface area contributed by atoms with Crippen LogP contribution in [0.2, 0.25) is 0 Å². The molecule has 1 heterocycles. The molecule has 1 saturated carbocycles. The Morgan fingerprint density at radius 2 is 1.90 bits per heavy atom. The van der Waals surface area contributed by atoms with E-state index in [1.54, 1.807) is 11.4 Å². The maximum atomic E-state index is 12.7. The largest absolute Gasteiger partial charge is 0.326 e. The number of nitrogens with zero attached hydrogens (tertiary/aromatic N) is 2. The van der Waals surface area contributed by atoms with Gasteiger partial charge >= 0.3 is 0 Å². The van der Waals surface area contributed by atoms with E-state index in [-0.39, 0.29) is 6.04 Å². The van der Waals surface area contributed by atoms with Gasteiger partial charge in [0.25, 0.3) is 10.2 Å². The Morgan fingerprint density at radius 1 is 1.24 bits per heavy atom. The van der Waals surface area contributed by atoms with Gasteiger partial charge in [-0.25, -0.2) is 0 Å². The van der Waals surface area contributed by atoms with Crippen LogP contribution in [0.1, 0.15) is 18.4 Å². The van der Waals surface area contributed by atoms with Crippen molar-refractivity contribution in [3.8, 4) is 0 Å². The molecule has 0 radical (unpaired) electrons. The minimum Gasteiger partial charge on any atom is -0.326 e. The van der Waals surface area contributed by atoms with E-state index in [4.69, 9.17) is 5.73 Å². The van der Waals surface area contributed by atoms with Crippen LogP contribution in [-0.2, 0) is 16.8 Å². The minimum absolute atomic E-state index is 0.0163. The highest BCUT2D eigenvalue weighted by Crippen LogP contribution is 2.41. The summed E-state index contributed by atoms with van der Waals surface area (Å²) >= 11 is 0. The molecule has 1 aromatic rings. The summed E-state index contributed by atoms with van der Waals surface area (Å²) in [5, 5.41) is 0. The van der Waals surface area contributed by atoms with Gasteiger partial charge in [0.15, 0.2) is 0 Å². The topological polar surface area (TPSA) is 66.6 Å². The third-order valence-electron chi connectivity index (χ3n) is 4.57. The van der Waals surface area contributed by atoms with E-state index in [1.807, 2.05) is 30.3 Å². The number of hydrogen-bond donors (Lipinski definition) is 1. The van der Waals surface area contributed by atoms with Crippen molar-refractivity contribution in [3.63, 3.8) is 0 Å². The lowest BCUT2D eigenvalue weighted by Gasteiger charge is -2.24. The molecule has 5 nitrogen and oxygen atoms in total. The normalized spacial score (nSPS) is 27.4. The first-order valence-electron chi connectivity index (χ1n) is 7.49. The maximum Gasteiger partial charge on any atom is 0.282 e. The molecule has 0 amide bonds. The predicted molar refractivity (Wildman–Crippen MR) is 82.6 cm³/mol. The SMILES string of the molecule is CN(Cc1ccccc1)S(=O)(=O)N1C[C@H](C2CC2)[C@@H](N)C1. The van der Waals surface area contributed by atoms with Crippen molar-refractivity contribution in [2.75, 3.05) is 20.1 Å². The second-order valence-corrected chi connectivity index (χ2v) is 8.27. The van der Waals surface area contributed by atoms with Crippen molar-refractivity contribution in [1.82, 2.24) is 8.61 Å².